The number of carbonyl (C=O) groups is 1. The number of methoxy groups -OCH3 is 1. The van der Waals surface area contributed by atoms with Crippen molar-refractivity contribution in [1.82, 2.24) is 10.6 Å². The summed E-state index contributed by atoms with van der Waals surface area (Å²) in [5.41, 5.74) is -0.0959. The second-order valence-corrected chi connectivity index (χ2v) is 5.02. The number of hydrogen-bond donors (Lipinski definition) is 2. The molecule has 1 rings (SSSR count). The van der Waals surface area contributed by atoms with E-state index >= 15 is 0 Å². The third-order valence-corrected chi connectivity index (χ3v) is 3.44. The van der Waals surface area contributed by atoms with Crippen LogP contribution < -0.4 is 10.6 Å². The molecule has 0 saturated carbocycles. The summed E-state index contributed by atoms with van der Waals surface area (Å²) in [7, 11) is 1.61. The zero-order valence-corrected chi connectivity index (χ0v) is 14.1. The van der Waals surface area contributed by atoms with Gasteiger partial charge in [-0.05, 0) is 18.4 Å². The molecule has 1 aromatic carbocycles. The van der Waals surface area contributed by atoms with Gasteiger partial charge in [-0.2, -0.15) is 0 Å². The van der Waals surface area contributed by atoms with Crippen molar-refractivity contribution in [2.75, 3.05) is 39.6 Å². The normalized spacial score (nSPS) is 9.91. The fourth-order valence-corrected chi connectivity index (χ4v) is 2.08. The summed E-state index contributed by atoms with van der Waals surface area (Å²) < 4.78 is 4.88. The van der Waals surface area contributed by atoms with Gasteiger partial charge < -0.3 is 15.4 Å². The minimum absolute atomic E-state index is 0. The highest BCUT2D eigenvalue weighted by Gasteiger charge is 2.20. The second kappa shape index (κ2) is 11.2. The van der Waals surface area contributed by atoms with Crippen molar-refractivity contribution in [2.45, 2.75) is 4.90 Å². The maximum absolute atomic E-state index is 12.0. The van der Waals surface area contributed by atoms with Gasteiger partial charge in [0, 0.05) is 37.7 Å². The van der Waals surface area contributed by atoms with Crippen LogP contribution in [0.25, 0.3) is 0 Å². The first kappa shape index (κ1) is 20.6. The topological polar surface area (TPSA) is 93.5 Å². The van der Waals surface area contributed by atoms with Gasteiger partial charge in [0.2, 0.25) is 0 Å². The lowest BCUT2D eigenvalue weighted by molar-refractivity contribution is -0.385. The zero-order chi connectivity index (χ0) is 15.7. The van der Waals surface area contributed by atoms with Gasteiger partial charge in [-0.3, -0.25) is 14.9 Å². The molecule has 0 radical (unpaired) electrons. The molecule has 9 heteroatoms. The Balaban J connectivity index is 0.00000441. The molecular weight excluding hydrogens is 330 g/mol. The number of benzene rings is 1. The highest BCUT2D eigenvalue weighted by atomic mass is 35.5. The number of halogens is 1. The van der Waals surface area contributed by atoms with E-state index in [-0.39, 0.29) is 23.7 Å². The number of nitrogens with zero attached hydrogens (tertiary/aromatic N) is 1. The highest BCUT2D eigenvalue weighted by molar-refractivity contribution is 7.98. The van der Waals surface area contributed by atoms with Crippen LogP contribution in [0.3, 0.4) is 0 Å². The molecule has 2 N–H and O–H groups in total. The van der Waals surface area contributed by atoms with Crippen LogP contribution in [0.5, 0.6) is 0 Å². The standard InChI is InChI=1S/C13H19N3O4S.ClH/c1-20-8-7-14-5-6-15-13(17)11-9-10(21-2)3-4-12(11)16(18)19;/h3-4,9,14H,5-8H2,1-2H3,(H,15,17);1H. The molecule has 7 nitrogen and oxygen atoms in total. The van der Waals surface area contributed by atoms with E-state index in [2.05, 4.69) is 10.6 Å². The Labute approximate surface area is 139 Å². The SMILES string of the molecule is COCCNCCNC(=O)c1cc(SC)ccc1[N+](=O)[O-].Cl. The second-order valence-electron chi connectivity index (χ2n) is 4.14. The first-order valence-electron chi connectivity index (χ1n) is 6.40. The first-order chi connectivity index (χ1) is 10.1. The molecule has 0 aliphatic rings. The quantitative estimate of drug-likeness (QED) is 0.305. The summed E-state index contributed by atoms with van der Waals surface area (Å²) in [4.78, 5) is 23.3. The Morgan fingerprint density at radius 2 is 2.09 bits per heavy atom. The van der Waals surface area contributed by atoms with E-state index in [4.69, 9.17) is 4.74 Å². The number of carbonyl (C=O) groups excluding carboxylic acids is 1. The number of nitro benzene ring substituents is 1. The van der Waals surface area contributed by atoms with Gasteiger partial charge in [0.25, 0.3) is 11.6 Å². The van der Waals surface area contributed by atoms with Crippen molar-refractivity contribution in [3.63, 3.8) is 0 Å². The Hall–Kier alpha value is -1.35. The van der Waals surface area contributed by atoms with Crippen molar-refractivity contribution >= 4 is 35.8 Å². The van der Waals surface area contributed by atoms with E-state index in [1.807, 2.05) is 6.26 Å². The van der Waals surface area contributed by atoms with Gasteiger partial charge in [0.15, 0.2) is 0 Å². The van der Waals surface area contributed by atoms with Crippen LogP contribution in [0.15, 0.2) is 23.1 Å². The van der Waals surface area contributed by atoms with Gasteiger partial charge >= 0.3 is 0 Å². The van der Waals surface area contributed by atoms with E-state index in [1.165, 1.54) is 23.9 Å². The molecule has 0 fully saturated rings. The number of amides is 1. The van der Waals surface area contributed by atoms with Gasteiger partial charge in [-0.25, -0.2) is 0 Å². The lowest BCUT2D eigenvalue weighted by atomic mass is 10.1. The molecule has 0 atom stereocenters. The molecule has 0 bridgehead atoms. The van der Waals surface area contributed by atoms with Crippen LogP contribution in [-0.4, -0.2) is 50.4 Å². The molecule has 1 amide bonds. The molecule has 0 aliphatic carbocycles. The summed E-state index contributed by atoms with van der Waals surface area (Å²) >= 11 is 1.43. The molecule has 0 heterocycles. The van der Waals surface area contributed by atoms with Gasteiger partial charge in [0.05, 0.1) is 11.5 Å². The van der Waals surface area contributed by atoms with E-state index in [9.17, 15) is 14.9 Å². The van der Waals surface area contributed by atoms with E-state index < -0.39 is 10.8 Å². The molecule has 0 unspecified atom stereocenters. The molecular formula is C13H20ClN3O4S. The maximum Gasteiger partial charge on any atom is 0.282 e. The molecule has 0 aliphatic heterocycles. The Morgan fingerprint density at radius 3 is 2.68 bits per heavy atom. The van der Waals surface area contributed by atoms with Crippen LogP contribution in [0.2, 0.25) is 0 Å². The average Bonchev–Trinajstić information content (AvgIpc) is 2.49. The van der Waals surface area contributed by atoms with Gasteiger partial charge in [-0.15, -0.1) is 24.2 Å². The summed E-state index contributed by atoms with van der Waals surface area (Å²) in [5.74, 6) is -0.439. The van der Waals surface area contributed by atoms with Crippen LogP contribution >= 0.6 is 24.2 Å². The molecule has 0 aromatic heterocycles. The van der Waals surface area contributed by atoms with E-state index in [0.717, 1.165) is 4.90 Å². The van der Waals surface area contributed by atoms with Crippen LogP contribution in [0, 0.1) is 10.1 Å². The molecule has 0 saturated heterocycles. The fourth-order valence-electron chi connectivity index (χ4n) is 1.64. The van der Waals surface area contributed by atoms with Crippen molar-refractivity contribution < 1.29 is 14.5 Å². The van der Waals surface area contributed by atoms with E-state index in [0.29, 0.717) is 26.2 Å². The first-order valence-corrected chi connectivity index (χ1v) is 7.63. The number of thioether (sulfide) groups is 1. The molecule has 124 valence electrons. The smallest absolute Gasteiger partial charge is 0.282 e. The molecule has 22 heavy (non-hydrogen) atoms. The number of nitrogens with one attached hydrogen (secondary N) is 2. The minimum atomic E-state index is -0.546. The summed E-state index contributed by atoms with van der Waals surface area (Å²) in [6, 6.07) is 4.53. The molecule has 0 spiro atoms. The summed E-state index contributed by atoms with van der Waals surface area (Å²) in [5, 5.41) is 16.7. The van der Waals surface area contributed by atoms with Crippen LogP contribution in [0.1, 0.15) is 10.4 Å². The number of rotatable bonds is 9. The van der Waals surface area contributed by atoms with E-state index in [1.54, 1.807) is 13.2 Å². The largest absolute Gasteiger partial charge is 0.383 e. The third-order valence-electron chi connectivity index (χ3n) is 2.72. The van der Waals surface area contributed by atoms with Gasteiger partial charge in [0.1, 0.15) is 5.56 Å². The van der Waals surface area contributed by atoms with Crippen LogP contribution in [-0.2, 0) is 4.74 Å². The van der Waals surface area contributed by atoms with Crippen molar-refractivity contribution in [2.24, 2.45) is 0 Å². The van der Waals surface area contributed by atoms with Crippen molar-refractivity contribution in [3.05, 3.63) is 33.9 Å². The summed E-state index contributed by atoms with van der Waals surface area (Å²) in [6.07, 6.45) is 1.85. The monoisotopic (exact) mass is 349 g/mol. The predicted molar refractivity (Wildman–Crippen MR) is 89.2 cm³/mol. The summed E-state index contributed by atoms with van der Waals surface area (Å²) in [6.45, 7) is 2.25. The lowest BCUT2D eigenvalue weighted by Crippen LogP contribution is -2.33. The average molecular weight is 350 g/mol. The predicted octanol–water partition coefficient (Wildman–Crippen LogP) is 1.70. The third kappa shape index (κ3) is 6.61. The lowest BCUT2D eigenvalue weighted by Gasteiger charge is -2.08. The Morgan fingerprint density at radius 1 is 1.36 bits per heavy atom. The highest BCUT2D eigenvalue weighted by Crippen LogP contribution is 2.24. The minimum Gasteiger partial charge on any atom is -0.383 e. The van der Waals surface area contributed by atoms with Crippen molar-refractivity contribution in [3.8, 4) is 0 Å². The fraction of sp³-hybridized carbons (Fsp3) is 0.462. The van der Waals surface area contributed by atoms with Crippen LogP contribution in [0.4, 0.5) is 5.69 Å². The number of hydrogen-bond acceptors (Lipinski definition) is 6. The molecule has 1 aromatic rings. The van der Waals surface area contributed by atoms with Crippen molar-refractivity contribution in [1.29, 1.82) is 0 Å². The number of nitro groups is 1. The Kier molecular flexibility index (Phi) is 10.6. The number of ether oxygens (including phenoxy) is 1. The maximum atomic E-state index is 12.0. The van der Waals surface area contributed by atoms with Gasteiger partial charge in [-0.1, -0.05) is 0 Å². The zero-order valence-electron chi connectivity index (χ0n) is 12.5. The Bertz CT molecular complexity index is 502.